The van der Waals surface area contributed by atoms with Crippen LogP contribution in [0.4, 0.5) is 15.8 Å². The molecule has 2 amide bonds. The molecule has 0 saturated carbocycles. The minimum atomic E-state index is -0.366. The number of benzene rings is 2. The fourth-order valence-corrected chi connectivity index (χ4v) is 2.72. The molecule has 1 aromatic heterocycles. The number of hydrogen-bond donors (Lipinski definition) is 1. The zero-order valence-electron chi connectivity index (χ0n) is 14.3. The fourth-order valence-electron chi connectivity index (χ4n) is 2.72. The molecule has 0 aliphatic rings. The summed E-state index contributed by atoms with van der Waals surface area (Å²) in [5.74, 6) is -0.789. The highest BCUT2D eigenvalue weighted by atomic mass is 19.1. The molecule has 26 heavy (non-hydrogen) atoms. The summed E-state index contributed by atoms with van der Waals surface area (Å²) in [7, 11) is 0. The number of hydrogen-bond acceptors (Lipinski definition) is 3. The van der Waals surface area contributed by atoms with Gasteiger partial charge in [-0.15, -0.1) is 0 Å². The summed E-state index contributed by atoms with van der Waals surface area (Å²) in [4.78, 5) is 30.2. The van der Waals surface area contributed by atoms with E-state index in [9.17, 15) is 14.0 Å². The number of carbonyl (C=O) groups is 2. The van der Waals surface area contributed by atoms with E-state index in [0.717, 1.165) is 5.39 Å². The van der Waals surface area contributed by atoms with Crippen LogP contribution in [0.25, 0.3) is 10.9 Å². The van der Waals surface area contributed by atoms with Gasteiger partial charge in [0.2, 0.25) is 11.8 Å². The standard InChI is InChI=1S/C20H18FN3O2/c1-14(25)24(18-6-2-4-15-5-3-12-22-20(15)18)13-11-19(26)23-17-9-7-16(21)8-10-17/h2-10,12H,11,13H2,1H3,(H,23,26). The maximum absolute atomic E-state index is 12.9. The maximum atomic E-state index is 12.9. The first-order chi connectivity index (χ1) is 12.5. The van der Waals surface area contributed by atoms with Crippen LogP contribution in [0.1, 0.15) is 13.3 Å². The molecule has 0 atom stereocenters. The van der Waals surface area contributed by atoms with Crippen LogP contribution in [-0.2, 0) is 9.59 Å². The molecule has 5 nitrogen and oxygen atoms in total. The molecule has 6 heteroatoms. The van der Waals surface area contributed by atoms with Gasteiger partial charge in [-0.3, -0.25) is 14.6 Å². The summed E-state index contributed by atoms with van der Waals surface area (Å²) in [6, 6.07) is 14.9. The topological polar surface area (TPSA) is 62.3 Å². The maximum Gasteiger partial charge on any atom is 0.226 e. The molecule has 0 fully saturated rings. The second-order valence-corrected chi connectivity index (χ2v) is 5.83. The number of para-hydroxylation sites is 1. The highest BCUT2D eigenvalue weighted by molar-refractivity contribution is 6.01. The summed E-state index contributed by atoms with van der Waals surface area (Å²) in [5, 5.41) is 3.62. The lowest BCUT2D eigenvalue weighted by Gasteiger charge is -2.22. The van der Waals surface area contributed by atoms with Crippen LogP contribution >= 0.6 is 0 Å². The minimum absolute atomic E-state index is 0.111. The molecular formula is C20H18FN3O2. The molecule has 0 saturated heterocycles. The van der Waals surface area contributed by atoms with Crippen molar-refractivity contribution in [3.63, 3.8) is 0 Å². The van der Waals surface area contributed by atoms with Gasteiger partial charge in [0.1, 0.15) is 5.82 Å². The average molecular weight is 351 g/mol. The van der Waals surface area contributed by atoms with Crippen LogP contribution < -0.4 is 10.2 Å². The smallest absolute Gasteiger partial charge is 0.226 e. The van der Waals surface area contributed by atoms with Gasteiger partial charge in [0.15, 0.2) is 0 Å². The van der Waals surface area contributed by atoms with Gasteiger partial charge >= 0.3 is 0 Å². The van der Waals surface area contributed by atoms with Crippen LogP contribution in [-0.4, -0.2) is 23.3 Å². The molecule has 0 radical (unpaired) electrons. The van der Waals surface area contributed by atoms with Gasteiger partial charge in [-0.25, -0.2) is 4.39 Å². The van der Waals surface area contributed by atoms with Gasteiger partial charge in [0.05, 0.1) is 11.2 Å². The second kappa shape index (κ2) is 7.74. The first kappa shape index (κ1) is 17.5. The van der Waals surface area contributed by atoms with E-state index in [-0.39, 0.29) is 30.6 Å². The number of carbonyl (C=O) groups excluding carboxylic acids is 2. The molecule has 1 heterocycles. The quantitative estimate of drug-likeness (QED) is 0.761. The molecule has 2 aromatic carbocycles. The predicted octanol–water partition coefficient (Wildman–Crippen LogP) is 3.76. The number of aromatic nitrogens is 1. The van der Waals surface area contributed by atoms with Crippen molar-refractivity contribution in [3.8, 4) is 0 Å². The molecule has 132 valence electrons. The van der Waals surface area contributed by atoms with E-state index in [1.807, 2.05) is 30.3 Å². The predicted molar refractivity (Wildman–Crippen MR) is 99.4 cm³/mol. The lowest BCUT2D eigenvalue weighted by molar-refractivity contribution is -0.117. The Bertz CT molecular complexity index is 936. The molecule has 0 unspecified atom stereocenters. The van der Waals surface area contributed by atoms with Crippen LogP contribution in [0.5, 0.6) is 0 Å². The number of anilines is 2. The van der Waals surface area contributed by atoms with E-state index in [1.165, 1.54) is 31.2 Å². The summed E-state index contributed by atoms with van der Waals surface area (Å²) >= 11 is 0. The number of nitrogens with one attached hydrogen (secondary N) is 1. The Morgan fingerprint density at radius 3 is 2.54 bits per heavy atom. The number of halogens is 1. The zero-order chi connectivity index (χ0) is 18.5. The van der Waals surface area contributed by atoms with Crippen molar-refractivity contribution in [1.82, 2.24) is 4.98 Å². The van der Waals surface area contributed by atoms with Gasteiger partial charge in [0, 0.05) is 37.2 Å². The highest BCUT2D eigenvalue weighted by Crippen LogP contribution is 2.25. The zero-order valence-corrected chi connectivity index (χ0v) is 14.3. The minimum Gasteiger partial charge on any atom is -0.326 e. The number of rotatable bonds is 5. The number of fused-ring (bicyclic) bond motifs is 1. The molecule has 0 aliphatic heterocycles. The monoisotopic (exact) mass is 351 g/mol. The third-order valence-electron chi connectivity index (χ3n) is 3.97. The SMILES string of the molecule is CC(=O)N(CCC(=O)Nc1ccc(F)cc1)c1cccc2cccnc12. The van der Waals surface area contributed by atoms with Crippen molar-refractivity contribution < 1.29 is 14.0 Å². The van der Waals surface area contributed by atoms with Gasteiger partial charge in [-0.05, 0) is 36.4 Å². The molecule has 0 bridgehead atoms. The molecule has 0 spiro atoms. The van der Waals surface area contributed by atoms with Gasteiger partial charge in [-0.2, -0.15) is 0 Å². The van der Waals surface area contributed by atoms with Crippen LogP contribution in [0.3, 0.4) is 0 Å². The lowest BCUT2D eigenvalue weighted by Crippen LogP contribution is -2.32. The third kappa shape index (κ3) is 4.03. The van der Waals surface area contributed by atoms with Crippen molar-refractivity contribution in [2.45, 2.75) is 13.3 Å². The fraction of sp³-hybridized carbons (Fsp3) is 0.150. The number of nitrogens with zero attached hydrogens (tertiary/aromatic N) is 2. The van der Waals surface area contributed by atoms with Gasteiger partial charge < -0.3 is 10.2 Å². The van der Waals surface area contributed by atoms with Gasteiger partial charge in [0.25, 0.3) is 0 Å². The largest absolute Gasteiger partial charge is 0.326 e. The molecule has 3 aromatic rings. The average Bonchev–Trinajstić information content (AvgIpc) is 2.63. The summed E-state index contributed by atoms with van der Waals surface area (Å²) in [6.45, 7) is 1.68. The Labute approximate surface area is 150 Å². The van der Waals surface area contributed by atoms with E-state index >= 15 is 0 Å². The van der Waals surface area contributed by atoms with Crippen LogP contribution in [0.15, 0.2) is 60.8 Å². The number of pyridine rings is 1. The molecular weight excluding hydrogens is 333 g/mol. The second-order valence-electron chi connectivity index (χ2n) is 5.83. The summed E-state index contributed by atoms with van der Waals surface area (Å²) in [5.41, 5.74) is 1.90. The van der Waals surface area contributed by atoms with Crippen molar-refractivity contribution in [2.24, 2.45) is 0 Å². The molecule has 1 N–H and O–H groups in total. The summed E-state index contributed by atoms with van der Waals surface area (Å²) < 4.78 is 12.9. The van der Waals surface area contributed by atoms with Crippen LogP contribution in [0, 0.1) is 5.82 Å². The Balaban J connectivity index is 1.73. The van der Waals surface area contributed by atoms with Crippen molar-refractivity contribution in [1.29, 1.82) is 0 Å². The Kier molecular flexibility index (Phi) is 5.22. The Morgan fingerprint density at radius 2 is 1.81 bits per heavy atom. The lowest BCUT2D eigenvalue weighted by atomic mass is 10.1. The van der Waals surface area contributed by atoms with Gasteiger partial charge in [-0.1, -0.05) is 18.2 Å². The Hall–Kier alpha value is -3.28. The normalized spacial score (nSPS) is 10.5. The van der Waals surface area contributed by atoms with E-state index in [1.54, 1.807) is 11.1 Å². The third-order valence-corrected chi connectivity index (χ3v) is 3.97. The Morgan fingerprint density at radius 1 is 1.08 bits per heavy atom. The molecule has 0 aliphatic carbocycles. The van der Waals surface area contributed by atoms with Crippen molar-refractivity contribution >= 4 is 34.1 Å². The van der Waals surface area contributed by atoms with E-state index in [2.05, 4.69) is 10.3 Å². The van der Waals surface area contributed by atoms with E-state index < -0.39 is 0 Å². The van der Waals surface area contributed by atoms with Crippen molar-refractivity contribution in [3.05, 3.63) is 66.6 Å². The van der Waals surface area contributed by atoms with Crippen molar-refractivity contribution in [2.75, 3.05) is 16.8 Å². The van der Waals surface area contributed by atoms with E-state index in [0.29, 0.717) is 16.9 Å². The van der Waals surface area contributed by atoms with E-state index in [4.69, 9.17) is 0 Å². The first-order valence-electron chi connectivity index (χ1n) is 8.22. The molecule has 3 rings (SSSR count). The highest BCUT2D eigenvalue weighted by Gasteiger charge is 2.16. The van der Waals surface area contributed by atoms with Crippen LogP contribution in [0.2, 0.25) is 0 Å². The summed E-state index contributed by atoms with van der Waals surface area (Å²) in [6.07, 6.45) is 1.78. The first-order valence-corrected chi connectivity index (χ1v) is 8.22. The number of amides is 2.